The maximum Gasteiger partial charge on any atom is 0.223 e. The van der Waals surface area contributed by atoms with Gasteiger partial charge in [-0.3, -0.25) is 4.79 Å². The number of ether oxygens (including phenoxy) is 1. The standard InChI is InChI=1S/C25H26N2O4/c1-4-21-20(19-7-5-6-8-22(19)30-21)16-27(2)25(28)14-13-24-26-15-23(31-24)17-9-11-18(29-3)12-10-17/h5-12,15H,4,13-14,16H2,1-3H3. The van der Waals surface area contributed by atoms with E-state index in [4.69, 9.17) is 13.6 Å². The van der Waals surface area contributed by atoms with E-state index in [1.54, 1.807) is 18.2 Å². The van der Waals surface area contributed by atoms with Crippen LogP contribution in [0.3, 0.4) is 0 Å². The summed E-state index contributed by atoms with van der Waals surface area (Å²) in [6.07, 6.45) is 3.26. The van der Waals surface area contributed by atoms with Crippen molar-refractivity contribution in [3.63, 3.8) is 0 Å². The van der Waals surface area contributed by atoms with E-state index in [0.717, 1.165) is 40.0 Å². The Kier molecular flexibility index (Phi) is 6.07. The van der Waals surface area contributed by atoms with E-state index >= 15 is 0 Å². The summed E-state index contributed by atoms with van der Waals surface area (Å²) in [5.74, 6) is 2.98. The van der Waals surface area contributed by atoms with Crippen molar-refractivity contribution in [1.29, 1.82) is 0 Å². The number of benzene rings is 2. The molecule has 0 N–H and O–H groups in total. The third kappa shape index (κ3) is 4.48. The van der Waals surface area contributed by atoms with Crippen molar-refractivity contribution in [2.45, 2.75) is 32.7 Å². The van der Waals surface area contributed by atoms with Gasteiger partial charge in [0.2, 0.25) is 5.91 Å². The van der Waals surface area contributed by atoms with E-state index < -0.39 is 0 Å². The molecule has 2 heterocycles. The number of aromatic nitrogens is 1. The van der Waals surface area contributed by atoms with Gasteiger partial charge in [0.05, 0.1) is 13.3 Å². The lowest BCUT2D eigenvalue weighted by atomic mass is 10.1. The van der Waals surface area contributed by atoms with Crippen molar-refractivity contribution < 1.29 is 18.4 Å². The minimum atomic E-state index is 0.0385. The lowest BCUT2D eigenvalue weighted by Crippen LogP contribution is -2.26. The van der Waals surface area contributed by atoms with Gasteiger partial charge in [0.15, 0.2) is 11.7 Å². The zero-order chi connectivity index (χ0) is 21.8. The smallest absolute Gasteiger partial charge is 0.223 e. The molecule has 0 saturated heterocycles. The number of furan rings is 1. The van der Waals surface area contributed by atoms with Crippen molar-refractivity contribution in [2.24, 2.45) is 0 Å². The van der Waals surface area contributed by atoms with E-state index in [1.165, 1.54) is 0 Å². The minimum Gasteiger partial charge on any atom is -0.497 e. The number of fused-ring (bicyclic) bond motifs is 1. The summed E-state index contributed by atoms with van der Waals surface area (Å²) in [6, 6.07) is 15.5. The normalized spacial score (nSPS) is 11.1. The highest BCUT2D eigenvalue weighted by atomic mass is 16.5. The predicted molar refractivity (Wildman–Crippen MR) is 119 cm³/mol. The fourth-order valence-electron chi connectivity index (χ4n) is 3.65. The molecule has 31 heavy (non-hydrogen) atoms. The van der Waals surface area contributed by atoms with Crippen LogP contribution in [0.2, 0.25) is 0 Å². The van der Waals surface area contributed by atoms with Gasteiger partial charge in [-0.2, -0.15) is 0 Å². The Morgan fingerprint density at radius 1 is 1.10 bits per heavy atom. The van der Waals surface area contributed by atoms with E-state index in [2.05, 4.69) is 11.9 Å². The topological polar surface area (TPSA) is 68.7 Å². The zero-order valence-electron chi connectivity index (χ0n) is 18.1. The Morgan fingerprint density at radius 2 is 1.87 bits per heavy atom. The van der Waals surface area contributed by atoms with Crippen LogP contribution in [0.15, 0.2) is 63.6 Å². The number of carbonyl (C=O) groups is 1. The number of rotatable bonds is 8. The van der Waals surface area contributed by atoms with Gasteiger partial charge in [-0.25, -0.2) is 4.98 Å². The maximum absolute atomic E-state index is 12.7. The fourth-order valence-corrected chi connectivity index (χ4v) is 3.65. The van der Waals surface area contributed by atoms with E-state index in [0.29, 0.717) is 31.0 Å². The van der Waals surface area contributed by atoms with Crippen LogP contribution in [0.5, 0.6) is 5.75 Å². The molecule has 0 radical (unpaired) electrons. The predicted octanol–water partition coefficient (Wildman–Crippen LogP) is 5.25. The summed E-state index contributed by atoms with van der Waals surface area (Å²) in [5, 5.41) is 1.07. The third-order valence-corrected chi connectivity index (χ3v) is 5.40. The van der Waals surface area contributed by atoms with Gasteiger partial charge in [-0.15, -0.1) is 0 Å². The lowest BCUT2D eigenvalue weighted by Gasteiger charge is -2.17. The molecule has 0 aliphatic heterocycles. The molecule has 0 bridgehead atoms. The highest BCUT2D eigenvalue weighted by molar-refractivity contribution is 5.83. The summed E-state index contributed by atoms with van der Waals surface area (Å²) in [6.45, 7) is 2.58. The molecule has 6 heteroatoms. The van der Waals surface area contributed by atoms with Gasteiger partial charge in [0.1, 0.15) is 17.1 Å². The van der Waals surface area contributed by atoms with Gasteiger partial charge in [0.25, 0.3) is 0 Å². The molecule has 4 aromatic rings. The van der Waals surface area contributed by atoms with Crippen LogP contribution in [0.4, 0.5) is 0 Å². The zero-order valence-corrected chi connectivity index (χ0v) is 18.1. The first-order valence-corrected chi connectivity index (χ1v) is 10.4. The Hall–Kier alpha value is -3.54. The first kappa shape index (κ1) is 20.7. The van der Waals surface area contributed by atoms with Crippen LogP contribution in [0.25, 0.3) is 22.3 Å². The number of methoxy groups -OCH3 is 1. The van der Waals surface area contributed by atoms with Crippen LogP contribution in [0, 0.1) is 0 Å². The maximum atomic E-state index is 12.7. The molecule has 0 aliphatic rings. The Balaban J connectivity index is 1.38. The van der Waals surface area contributed by atoms with Crippen molar-refractivity contribution >= 4 is 16.9 Å². The third-order valence-electron chi connectivity index (χ3n) is 5.40. The first-order chi connectivity index (χ1) is 15.1. The van der Waals surface area contributed by atoms with Gasteiger partial charge in [-0.05, 0) is 30.3 Å². The molecule has 0 unspecified atom stereocenters. The van der Waals surface area contributed by atoms with Crippen molar-refractivity contribution in [3.8, 4) is 17.1 Å². The Bertz CT molecular complexity index is 1170. The van der Waals surface area contributed by atoms with Crippen molar-refractivity contribution in [1.82, 2.24) is 9.88 Å². The average Bonchev–Trinajstić information content (AvgIpc) is 3.42. The van der Waals surface area contributed by atoms with Crippen LogP contribution in [-0.4, -0.2) is 29.9 Å². The van der Waals surface area contributed by atoms with Gasteiger partial charge in [0, 0.05) is 49.4 Å². The molecule has 2 aromatic carbocycles. The molecule has 0 saturated carbocycles. The van der Waals surface area contributed by atoms with Crippen LogP contribution < -0.4 is 4.74 Å². The number of amides is 1. The molecule has 160 valence electrons. The van der Waals surface area contributed by atoms with Crippen molar-refractivity contribution in [2.75, 3.05) is 14.2 Å². The number of para-hydroxylation sites is 1. The number of nitrogens with zero attached hydrogens (tertiary/aromatic N) is 2. The quantitative estimate of drug-likeness (QED) is 0.391. The van der Waals surface area contributed by atoms with Gasteiger partial charge in [-0.1, -0.05) is 25.1 Å². The molecular weight excluding hydrogens is 392 g/mol. The fraction of sp³-hybridized carbons (Fsp3) is 0.280. The summed E-state index contributed by atoms with van der Waals surface area (Å²) in [7, 11) is 3.45. The monoisotopic (exact) mass is 418 g/mol. The SMILES string of the molecule is CCc1oc2ccccc2c1CN(C)C(=O)CCc1ncc(-c2ccc(OC)cc2)o1. The van der Waals surface area contributed by atoms with E-state index in [1.807, 2.05) is 55.6 Å². The molecule has 1 amide bonds. The Morgan fingerprint density at radius 3 is 2.61 bits per heavy atom. The number of carbonyl (C=O) groups excluding carboxylic acids is 1. The van der Waals surface area contributed by atoms with E-state index in [-0.39, 0.29) is 5.91 Å². The number of hydrogen-bond donors (Lipinski definition) is 0. The number of hydrogen-bond acceptors (Lipinski definition) is 5. The van der Waals surface area contributed by atoms with Crippen LogP contribution >= 0.6 is 0 Å². The summed E-state index contributed by atoms with van der Waals surface area (Å²) >= 11 is 0. The minimum absolute atomic E-state index is 0.0385. The molecule has 6 nitrogen and oxygen atoms in total. The molecular formula is C25H26N2O4. The van der Waals surface area contributed by atoms with Crippen LogP contribution in [-0.2, 0) is 24.2 Å². The van der Waals surface area contributed by atoms with Crippen LogP contribution in [0.1, 0.15) is 30.6 Å². The van der Waals surface area contributed by atoms with Gasteiger partial charge >= 0.3 is 0 Å². The second-order valence-electron chi connectivity index (χ2n) is 7.45. The molecule has 0 atom stereocenters. The summed E-state index contributed by atoms with van der Waals surface area (Å²) in [5.41, 5.74) is 2.86. The largest absolute Gasteiger partial charge is 0.497 e. The molecule has 0 spiro atoms. The first-order valence-electron chi connectivity index (χ1n) is 10.4. The van der Waals surface area contributed by atoms with Gasteiger partial charge < -0.3 is 18.5 Å². The average molecular weight is 418 g/mol. The second-order valence-corrected chi connectivity index (χ2v) is 7.45. The highest BCUT2D eigenvalue weighted by Gasteiger charge is 2.18. The molecule has 0 aliphatic carbocycles. The molecule has 0 fully saturated rings. The molecule has 4 rings (SSSR count). The lowest BCUT2D eigenvalue weighted by molar-refractivity contribution is -0.130. The highest BCUT2D eigenvalue weighted by Crippen LogP contribution is 2.28. The summed E-state index contributed by atoms with van der Waals surface area (Å²) in [4.78, 5) is 18.8. The van der Waals surface area contributed by atoms with Crippen molar-refractivity contribution in [3.05, 3.63) is 71.9 Å². The Labute approximate surface area is 181 Å². The van der Waals surface area contributed by atoms with E-state index in [9.17, 15) is 4.79 Å². The molecule has 2 aromatic heterocycles. The number of aryl methyl sites for hydroxylation is 2. The second kappa shape index (κ2) is 9.08. The summed E-state index contributed by atoms with van der Waals surface area (Å²) < 4.78 is 17.0. The number of oxazole rings is 1.